The maximum absolute atomic E-state index is 13.3. The van der Waals surface area contributed by atoms with Gasteiger partial charge in [0.15, 0.2) is 11.2 Å². The molecule has 1 atom stereocenters. The third-order valence-corrected chi connectivity index (χ3v) is 7.70. The highest BCUT2D eigenvalue weighted by Gasteiger charge is 2.41. The summed E-state index contributed by atoms with van der Waals surface area (Å²) < 4.78 is 2.19. The van der Waals surface area contributed by atoms with Gasteiger partial charge in [-0.15, -0.1) is 0 Å². The molecule has 3 heteroatoms. The Hall–Kier alpha value is -3.46. The van der Waals surface area contributed by atoms with Crippen molar-refractivity contribution < 1.29 is 4.79 Å². The Balaban J connectivity index is 1.91. The number of carbonyl (C=O) groups excluding carboxylic acids is 1. The van der Waals surface area contributed by atoms with E-state index in [1.54, 1.807) is 12.3 Å². The highest BCUT2D eigenvalue weighted by Crippen LogP contribution is 2.57. The van der Waals surface area contributed by atoms with Crippen LogP contribution in [0.2, 0.25) is 0 Å². The predicted molar refractivity (Wildman–Crippen MR) is 145 cm³/mol. The van der Waals surface area contributed by atoms with E-state index in [1.165, 1.54) is 41.2 Å². The SMILES string of the molecule is C=CC(=O)c1cn2c(cc1=O)C1=C(c3ccccc3C=C)C(C3CC3)=C(C)C1=CC[C@H]2C(C)(C)C. The van der Waals surface area contributed by atoms with Crippen LogP contribution in [0, 0.1) is 11.3 Å². The molecule has 5 rings (SSSR count). The number of hydrogen-bond donors (Lipinski definition) is 0. The lowest BCUT2D eigenvalue weighted by atomic mass is 9.84. The highest BCUT2D eigenvalue weighted by atomic mass is 16.1. The number of rotatable bonds is 5. The summed E-state index contributed by atoms with van der Waals surface area (Å²) in [6, 6.07) is 10.2. The van der Waals surface area contributed by atoms with Crippen LogP contribution in [-0.2, 0) is 0 Å². The van der Waals surface area contributed by atoms with Crippen LogP contribution in [0.25, 0.3) is 17.2 Å². The van der Waals surface area contributed by atoms with Crippen molar-refractivity contribution in [2.75, 3.05) is 0 Å². The van der Waals surface area contributed by atoms with Gasteiger partial charge in [0.1, 0.15) is 0 Å². The first-order valence-electron chi connectivity index (χ1n) is 12.5. The molecule has 178 valence electrons. The summed E-state index contributed by atoms with van der Waals surface area (Å²) >= 11 is 0. The maximum Gasteiger partial charge on any atom is 0.193 e. The van der Waals surface area contributed by atoms with E-state index in [2.05, 4.69) is 69.7 Å². The summed E-state index contributed by atoms with van der Waals surface area (Å²) in [4.78, 5) is 25.9. The Morgan fingerprint density at radius 1 is 1.11 bits per heavy atom. The number of fused-ring (bicyclic) bond motifs is 3. The summed E-state index contributed by atoms with van der Waals surface area (Å²) in [7, 11) is 0. The third-order valence-electron chi connectivity index (χ3n) is 7.70. The Morgan fingerprint density at radius 2 is 1.83 bits per heavy atom. The Bertz CT molecular complexity index is 1430. The van der Waals surface area contributed by atoms with E-state index in [0.717, 1.165) is 28.8 Å². The lowest BCUT2D eigenvalue weighted by Crippen LogP contribution is -2.28. The van der Waals surface area contributed by atoms with E-state index in [-0.39, 0.29) is 28.2 Å². The molecule has 0 unspecified atom stereocenters. The lowest BCUT2D eigenvalue weighted by molar-refractivity contribution is 0.104. The van der Waals surface area contributed by atoms with Gasteiger partial charge in [-0.3, -0.25) is 9.59 Å². The van der Waals surface area contributed by atoms with Crippen LogP contribution in [0.3, 0.4) is 0 Å². The molecule has 1 aliphatic heterocycles. The zero-order chi connectivity index (χ0) is 25.1. The van der Waals surface area contributed by atoms with Gasteiger partial charge in [0.2, 0.25) is 0 Å². The van der Waals surface area contributed by atoms with Crippen molar-refractivity contribution in [3.05, 3.63) is 111 Å². The van der Waals surface area contributed by atoms with Gasteiger partial charge in [-0.05, 0) is 77.0 Å². The van der Waals surface area contributed by atoms with Gasteiger partial charge in [0.25, 0.3) is 0 Å². The zero-order valence-corrected chi connectivity index (χ0v) is 21.2. The molecule has 2 aromatic rings. The minimum Gasteiger partial charge on any atom is -0.343 e. The average molecular weight is 464 g/mol. The third kappa shape index (κ3) is 3.74. The van der Waals surface area contributed by atoms with E-state index in [1.807, 2.05) is 12.1 Å². The predicted octanol–water partition coefficient (Wildman–Crippen LogP) is 7.43. The molecule has 1 aromatic carbocycles. The van der Waals surface area contributed by atoms with E-state index >= 15 is 0 Å². The quantitative estimate of drug-likeness (QED) is 0.342. The first-order chi connectivity index (χ1) is 16.7. The number of hydrogen-bond acceptors (Lipinski definition) is 2. The van der Waals surface area contributed by atoms with Crippen LogP contribution in [-0.4, -0.2) is 10.4 Å². The van der Waals surface area contributed by atoms with Crippen LogP contribution in [0.1, 0.15) is 80.2 Å². The van der Waals surface area contributed by atoms with Crippen LogP contribution in [0.4, 0.5) is 0 Å². The normalized spacial score (nSPS) is 19.7. The molecule has 0 bridgehead atoms. The molecule has 0 radical (unpaired) electrons. The maximum atomic E-state index is 13.3. The molecular formula is C32H33NO2. The topological polar surface area (TPSA) is 39.1 Å². The van der Waals surface area contributed by atoms with E-state index in [4.69, 9.17) is 0 Å². The van der Waals surface area contributed by atoms with Gasteiger partial charge in [-0.2, -0.15) is 0 Å². The van der Waals surface area contributed by atoms with Crippen LogP contribution < -0.4 is 5.43 Å². The molecular weight excluding hydrogens is 430 g/mol. The Kier molecular flexibility index (Phi) is 5.55. The van der Waals surface area contributed by atoms with Crippen molar-refractivity contribution in [1.82, 2.24) is 4.57 Å². The summed E-state index contributed by atoms with van der Waals surface area (Å²) in [6.07, 6.45) is 10.5. The van der Waals surface area contributed by atoms with Crippen molar-refractivity contribution >= 4 is 23.0 Å². The summed E-state index contributed by atoms with van der Waals surface area (Å²) in [5.41, 5.74) is 9.26. The van der Waals surface area contributed by atoms with Gasteiger partial charge in [0.05, 0.1) is 11.3 Å². The number of aromatic nitrogens is 1. The fourth-order valence-corrected chi connectivity index (χ4v) is 5.79. The number of pyridine rings is 1. The van der Waals surface area contributed by atoms with Crippen molar-refractivity contribution in [2.24, 2.45) is 11.3 Å². The minimum atomic E-state index is -0.332. The van der Waals surface area contributed by atoms with Crippen molar-refractivity contribution in [3.8, 4) is 0 Å². The minimum absolute atomic E-state index is 0.0787. The molecule has 0 N–H and O–H groups in total. The van der Waals surface area contributed by atoms with Crippen molar-refractivity contribution in [2.45, 2.75) is 53.0 Å². The fraction of sp³-hybridized carbons (Fsp3) is 0.312. The zero-order valence-electron chi connectivity index (χ0n) is 21.2. The van der Waals surface area contributed by atoms with E-state index in [0.29, 0.717) is 5.92 Å². The highest BCUT2D eigenvalue weighted by molar-refractivity contribution is 6.12. The molecule has 1 fully saturated rings. The second-order valence-electron chi connectivity index (χ2n) is 11.0. The van der Waals surface area contributed by atoms with Gasteiger partial charge in [-0.25, -0.2) is 0 Å². The second-order valence-corrected chi connectivity index (χ2v) is 11.0. The second kappa shape index (κ2) is 8.34. The van der Waals surface area contributed by atoms with Crippen LogP contribution >= 0.6 is 0 Å². The fourth-order valence-electron chi connectivity index (χ4n) is 5.79. The van der Waals surface area contributed by atoms with Crippen LogP contribution in [0.5, 0.6) is 0 Å². The molecule has 2 heterocycles. The smallest absolute Gasteiger partial charge is 0.193 e. The number of carbonyl (C=O) groups is 1. The first-order valence-corrected chi connectivity index (χ1v) is 12.5. The summed E-state index contributed by atoms with van der Waals surface area (Å²) in [6.45, 7) is 16.6. The van der Waals surface area contributed by atoms with E-state index < -0.39 is 0 Å². The number of ketones is 1. The monoisotopic (exact) mass is 463 g/mol. The molecule has 35 heavy (non-hydrogen) atoms. The molecule has 3 aliphatic rings. The van der Waals surface area contributed by atoms with Gasteiger partial charge >= 0.3 is 0 Å². The first kappa shape index (κ1) is 23.3. The number of benzene rings is 1. The standard InChI is InChI=1S/C32H33NO2/c1-7-20-11-9-10-12-23(20)31-29(21-13-14-21)19(3)22-15-16-28(32(4,5)6)33-18-24(26(34)8-2)27(35)17-25(33)30(22)31/h7-12,15,17-18,21,28H,1-2,13-14,16H2,3-6H3/t28-/m0/s1. The van der Waals surface area contributed by atoms with Crippen molar-refractivity contribution in [3.63, 3.8) is 0 Å². The van der Waals surface area contributed by atoms with Crippen molar-refractivity contribution in [1.29, 1.82) is 0 Å². The number of nitrogens with zero attached hydrogens (tertiary/aromatic N) is 1. The molecule has 2 aliphatic carbocycles. The lowest BCUT2D eigenvalue weighted by Gasteiger charge is -2.34. The molecule has 3 nitrogen and oxygen atoms in total. The molecule has 0 saturated heterocycles. The molecule has 0 amide bonds. The summed E-state index contributed by atoms with van der Waals surface area (Å²) in [5, 5.41) is 0. The molecule has 1 saturated carbocycles. The average Bonchev–Trinajstić information content (AvgIpc) is 3.64. The number of allylic oxidation sites excluding steroid dienone is 7. The largest absolute Gasteiger partial charge is 0.343 e. The van der Waals surface area contributed by atoms with Gasteiger partial charge in [-0.1, -0.05) is 70.3 Å². The summed E-state index contributed by atoms with van der Waals surface area (Å²) in [5.74, 6) is 0.212. The van der Waals surface area contributed by atoms with Gasteiger partial charge < -0.3 is 4.57 Å². The Labute approximate surface area is 207 Å². The van der Waals surface area contributed by atoms with Gasteiger partial charge in [0, 0.05) is 23.9 Å². The van der Waals surface area contributed by atoms with E-state index in [9.17, 15) is 9.59 Å². The molecule has 1 aromatic heterocycles. The molecule has 0 spiro atoms. The van der Waals surface area contributed by atoms with Crippen LogP contribution in [0.15, 0.2) is 83.4 Å². The Morgan fingerprint density at radius 3 is 2.46 bits per heavy atom.